The van der Waals surface area contributed by atoms with Gasteiger partial charge < -0.3 is 38.6 Å². The zero-order valence-corrected chi connectivity index (χ0v) is 34.6. The number of amides is 3. The van der Waals surface area contributed by atoms with Gasteiger partial charge in [-0.3, -0.25) is 25.0 Å². The topological polar surface area (TPSA) is 200 Å². The van der Waals surface area contributed by atoms with Gasteiger partial charge in [0.1, 0.15) is 40.7 Å². The van der Waals surface area contributed by atoms with E-state index in [0.717, 1.165) is 28.2 Å². The Morgan fingerprint density at radius 2 is 1.91 bits per heavy atom. The second-order valence-corrected chi connectivity index (χ2v) is 15.1. The fraction of sp³-hybridized carbons (Fsp3) is 0.463. The van der Waals surface area contributed by atoms with Crippen LogP contribution in [0.15, 0.2) is 84.7 Å². The molecule has 0 saturated carbocycles. The number of esters is 1. The number of benzene rings is 1. The van der Waals surface area contributed by atoms with Crippen LogP contribution in [0.1, 0.15) is 46.1 Å². The minimum Gasteiger partial charge on any atom is -0.495 e. The molecule has 0 radical (unpaired) electrons. The molecule has 0 spiro atoms. The van der Waals surface area contributed by atoms with Gasteiger partial charge in [0, 0.05) is 51.3 Å². The third kappa shape index (κ3) is 9.86. The molecule has 0 aromatic heterocycles. The fourth-order valence-corrected chi connectivity index (χ4v) is 7.30. The number of fused-ring (bicyclic) bond motifs is 5. The van der Waals surface area contributed by atoms with Crippen molar-refractivity contribution in [2.24, 2.45) is 5.92 Å². The molecule has 0 unspecified atom stereocenters. The van der Waals surface area contributed by atoms with Crippen LogP contribution in [-0.2, 0) is 39.8 Å². The van der Waals surface area contributed by atoms with Gasteiger partial charge in [0.05, 0.1) is 30.2 Å². The van der Waals surface area contributed by atoms with Crippen molar-refractivity contribution in [2.45, 2.75) is 88.7 Å². The molecule has 1 aromatic carbocycles. The summed E-state index contributed by atoms with van der Waals surface area (Å²) >= 11 is 6.76. The van der Waals surface area contributed by atoms with E-state index >= 15 is 0 Å². The number of allylic oxidation sites excluding steroid dienone is 6. The number of alkyl carbamates (subject to hydrolysis) is 1. The molecule has 3 heterocycles. The summed E-state index contributed by atoms with van der Waals surface area (Å²) in [5, 5.41) is 25.7. The predicted molar refractivity (Wildman–Crippen MR) is 215 cm³/mol. The number of rotatable bonds is 10. The number of methoxy groups -OCH3 is 2. The van der Waals surface area contributed by atoms with Crippen molar-refractivity contribution in [1.82, 2.24) is 10.2 Å². The average Bonchev–Trinajstić information content (AvgIpc) is 3.88. The summed E-state index contributed by atoms with van der Waals surface area (Å²) < 4.78 is 29.1. The van der Waals surface area contributed by atoms with Crippen molar-refractivity contribution < 1.29 is 52.9 Å². The maximum absolute atomic E-state index is 14.2. The first-order valence-electron chi connectivity index (χ1n) is 18.4. The largest absolute Gasteiger partial charge is 0.495 e. The molecule has 3 amide bonds. The summed E-state index contributed by atoms with van der Waals surface area (Å²) in [4.78, 5) is 67.4. The molecule has 2 saturated heterocycles. The number of likely N-dealkylation sites (N-methyl/N-ethyl adjacent to an activating group) is 1. The number of anilines is 1. The quantitative estimate of drug-likeness (QED) is 0.0803. The molecule has 17 heteroatoms. The van der Waals surface area contributed by atoms with Crippen LogP contribution in [0, 0.1) is 16.0 Å². The van der Waals surface area contributed by atoms with Crippen LogP contribution in [0.3, 0.4) is 0 Å². The van der Waals surface area contributed by atoms with E-state index in [2.05, 4.69) is 18.5 Å². The molecular formula is C41H51ClN4O12. The predicted octanol–water partition coefficient (Wildman–Crippen LogP) is 4.97. The molecule has 58 heavy (non-hydrogen) atoms. The summed E-state index contributed by atoms with van der Waals surface area (Å²) in [5.41, 5.74) is -1.63. The van der Waals surface area contributed by atoms with Gasteiger partial charge >= 0.3 is 12.1 Å². The molecule has 314 valence electrons. The molecule has 4 rings (SSSR count). The third-order valence-corrected chi connectivity index (χ3v) is 11.2. The van der Waals surface area contributed by atoms with Gasteiger partial charge in [-0.15, -0.1) is 0 Å². The highest BCUT2D eigenvalue weighted by atomic mass is 35.5. The molecular weight excluding hydrogens is 776 g/mol. The Morgan fingerprint density at radius 1 is 1.22 bits per heavy atom. The summed E-state index contributed by atoms with van der Waals surface area (Å²) in [6.07, 6.45) is 4.75. The first kappa shape index (κ1) is 45.4. The van der Waals surface area contributed by atoms with Crippen molar-refractivity contribution in [3.05, 3.63) is 105 Å². The van der Waals surface area contributed by atoms with Crippen LogP contribution in [-0.4, -0.2) is 109 Å². The van der Waals surface area contributed by atoms with Gasteiger partial charge in [-0.25, -0.2) is 9.59 Å². The van der Waals surface area contributed by atoms with E-state index in [9.17, 15) is 34.4 Å². The average molecular weight is 827 g/mol. The number of aliphatic hydroxyl groups is 1. The van der Waals surface area contributed by atoms with Crippen LogP contribution in [0.4, 0.5) is 10.5 Å². The van der Waals surface area contributed by atoms with Gasteiger partial charge in [-0.1, -0.05) is 61.6 Å². The summed E-state index contributed by atoms with van der Waals surface area (Å²) in [5.74, 6) is -2.38. The monoisotopic (exact) mass is 826 g/mol. The number of ether oxygens (including phenoxy) is 5. The number of halogens is 1. The number of hydrogen-bond donors (Lipinski definition) is 2. The highest BCUT2D eigenvalue weighted by Crippen LogP contribution is 2.49. The van der Waals surface area contributed by atoms with Gasteiger partial charge in [-0.2, -0.15) is 0 Å². The lowest BCUT2D eigenvalue weighted by atomic mass is 9.83. The van der Waals surface area contributed by atoms with Gasteiger partial charge in [0.15, 0.2) is 5.72 Å². The van der Waals surface area contributed by atoms with Crippen molar-refractivity contribution in [1.29, 1.82) is 0 Å². The molecule has 3 aliphatic rings. The number of carbonyl (C=O) groups is 4. The lowest BCUT2D eigenvalue weighted by molar-refractivity contribution is -0.418. The van der Waals surface area contributed by atoms with Gasteiger partial charge in [-0.05, 0) is 51.0 Å². The van der Waals surface area contributed by atoms with E-state index in [1.165, 1.54) is 52.3 Å². The van der Waals surface area contributed by atoms with Crippen LogP contribution < -0.4 is 15.0 Å². The zero-order valence-electron chi connectivity index (χ0n) is 33.9. The van der Waals surface area contributed by atoms with Crippen molar-refractivity contribution in [2.75, 3.05) is 33.2 Å². The fourth-order valence-electron chi connectivity index (χ4n) is 6.99. The van der Waals surface area contributed by atoms with Crippen LogP contribution in [0.25, 0.3) is 0 Å². The van der Waals surface area contributed by atoms with E-state index in [-0.39, 0.29) is 22.7 Å². The zero-order chi connectivity index (χ0) is 43.3. The van der Waals surface area contributed by atoms with Crippen LogP contribution >= 0.6 is 11.6 Å². The Bertz CT molecular complexity index is 1960. The molecule has 2 N–H and O–H groups in total. The van der Waals surface area contributed by atoms with E-state index in [4.69, 9.17) is 35.3 Å². The van der Waals surface area contributed by atoms with E-state index in [0.29, 0.717) is 17.9 Å². The molecule has 1 aromatic rings. The van der Waals surface area contributed by atoms with Crippen LogP contribution in [0.2, 0.25) is 5.02 Å². The third-order valence-electron chi connectivity index (χ3n) is 10.8. The molecule has 4 bridgehead atoms. The Labute approximate surface area is 342 Å². The first-order chi connectivity index (χ1) is 27.2. The molecule has 0 aliphatic carbocycles. The van der Waals surface area contributed by atoms with Gasteiger partial charge in [0.25, 0.3) is 11.6 Å². The Kier molecular flexibility index (Phi) is 14.5. The standard InChI is InChI=1S/C41H51ClN4O12/c1-11-27(16-17-28(12-2)46(52)53)37(48)44(7)25(5)38(49)57-33-21-34(47)45(8)29-19-26(20-30(54-9)35(29)42)18-23(3)14-13-15-32(55-10)41(51)22-31(56-39(50)43-41)24(4)36-40(33,6)58-36/h11-17,19-20,24-25,31-33,36,51H,1-2,18,21-22H2,3-10H3,(H,43,50)/b15-13+,23-14+,27-16+,28-17+/t24-,25+,31+,32-,33+,36+,40+,41+/m1/s1. The summed E-state index contributed by atoms with van der Waals surface area (Å²) in [6.45, 7) is 13.7. The lowest BCUT2D eigenvalue weighted by Crippen LogP contribution is -2.63. The minimum absolute atomic E-state index is 0.0543. The second-order valence-electron chi connectivity index (χ2n) is 14.7. The summed E-state index contributed by atoms with van der Waals surface area (Å²) in [6, 6.07) is 2.27. The number of epoxide rings is 1. The number of nitrogens with one attached hydrogen (secondary N) is 1. The molecule has 3 aliphatic heterocycles. The maximum Gasteiger partial charge on any atom is 0.409 e. The SMILES string of the molecule is C=C/C(=C\C=C(/C=C)[N+](=O)[O-])C(=O)N(C)[C@@H](C)C(=O)O[C@H]1CC(=O)N(C)c2cc(cc(OC)c2Cl)C/C(C)=C/C=C/[C@@H](OC)[C@@]2(O)C[C@H](OC(=O)N2)[C@@H](C)[C@@H]2O[C@@]12C. The maximum atomic E-state index is 14.2. The van der Waals surface area contributed by atoms with Crippen LogP contribution in [0.5, 0.6) is 5.75 Å². The van der Waals surface area contributed by atoms with Crippen molar-refractivity contribution in [3.63, 3.8) is 0 Å². The van der Waals surface area contributed by atoms with E-state index in [1.807, 2.05) is 13.0 Å². The molecule has 16 nitrogen and oxygen atoms in total. The van der Waals surface area contributed by atoms with Crippen molar-refractivity contribution in [3.8, 4) is 5.75 Å². The smallest absolute Gasteiger partial charge is 0.409 e. The normalized spacial score (nSPS) is 29.9. The molecule has 2 fully saturated rings. The number of carbonyl (C=O) groups excluding carboxylic acids is 4. The Morgan fingerprint density at radius 3 is 2.52 bits per heavy atom. The van der Waals surface area contributed by atoms with Crippen molar-refractivity contribution >= 4 is 41.2 Å². The van der Waals surface area contributed by atoms with E-state index in [1.54, 1.807) is 38.1 Å². The lowest BCUT2D eigenvalue weighted by Gasteiger charge is -2.42. The number of nitrogens with zero attached hydrogens (tertiary/aromatic N) is 3. The number of hydrogen-bond acceptors (Lipinski definition) is 12. The number of nitro groups is 1. The second kappa shape index (κ2) is 18.5. The first-order valence-corrected chi connectivity index (χ1v) is 18.8. The molecule has 8 atom stereocenters. The summed E-state index contributed by atoms with van der Waals surface area (Å²) in [7, 11) is 5.73. The Hall–Kier alpha value is -5.29. The van der Waals surface area contributed by atoms with E-state index < -0.39 is 82.9 Å². The highest BCUT2D eigenvalue weighted by molar-refractivity contribution is 6.35. The van der Waals surface area contributed by atoms with Gasteiger partial charge in [0.2, 0.25) is 5.91 Å². The Balaban J connectivity index is 1.75. The minimum atomic E-state index is -1.88. The highest BCUT2D eigenvalue weighted by Gasteiger charge is 2.64.